The highest BCUT2D eigenvalue weighted by Gasteiger charge is 2.11. The summed E-state index contributed by atoms with van der Waals surface area (Å²) in [5, 5.41) is 12.1. The van der Waals surface area contributed by atoms with Crippen molar-refractivity contribution in [1.82, 2.24) is 20.2 Å². The molecule has 6 heteroatoms. The summed E-state index contributed by atoms with van der Waals surface area (Å²) in [6.45, 7) is 6.27. The number of anilines is 2. The molecule has 0 aliphatic carbocycles. The monoisotopic (exact) mass is 308 g/mol. The molecule has 6 nitrogen and oxygen atoms in total. The van der Waals surface area contributed by atoms with Gasteiger partial charge in [-0.05, 0) is 72.8 Å². The van der Waals surface area contributed by atoms with Gasteiger partial charge in [0.25, 0.3) is 0 Å². The van der Waals surface area contributed by atoms with Crippen molar-refractivity contribution in [2.75, 3.05) is 23.7 Å². The van der Waals surface area contributed by atoms with Crippen LogP contribution in [0.1, 0.15) is 13.8 Å². The van der Waals surface area contributed by atoms with Gasteiger partial charge >= 0.3 is 0 Å². The Hall–Kier alpha value is -2.89. The van der Waals surface area contributed by atoms with E-state index in [2.05, 4.69) is 46.4 Å². The molecule has 0 spiro atoms. The van der Waals surface area contributed by atoms with Gasteiger partial charge in [-0.1, -0.05) is 0 Å². The van der Waals surface area contributed by atoms with Crippen LogP contribution >= 0.6 is 0 Å². The van der Waals surface area contributed by atoms with Crippen molar-refractivity contribution in [3.05, 3.63) is 48.5 Å². The second-order valence-electron chi connectivity index (χ2n) is 5.22. The van der Waals surface area contributed by atoms with Crippen LogP contribution in [-0.4, -0.2) is 33.3 Å². The van der Waals surface area contributed by atoms with Gasteiger partial charge in [0.1, 0.15) is 0 Å². The number of aromatic nitrogens is 4. The number of hydrogen-bond acceptors (Lipinski definition) is 5. The topological polar surface area (TPSA) is 72.9 Å². The van der Waals surface area contributed by atoms with Crippen molar-refractivity contribution >= 4 is 11.4 Å². The van der Waals surface area contributed by atoms with E-state index >= 15 is 0 Å². The molecule has 2 aromatic carbocycles. The molecule has 2 N–H and O–H groups in total. The molecule has 0 saturated heterocycles. The molecule has 0 saturated carbocycles. The first-order valence-corrected chi connectivity index (χ1v) is 7.72. The minimum Gasteiger partial charge on any atom is -0.399 e. The standard InChI is InChI=1S/C17H20N6/c1-3-22(4-2)15-9-11-16(12-10-15)23-17(19-20-21-23)13-5-7-14(18)8-6-13/h5-12H,3-4,18H2,1-2H3. The summed E-state index contributed by atoms with van der Waals surface area (Å²) < 4.78 is 1.73. The largest absolute Gasteiger partial charge is 0.399 e. The highest BCUT2D eigenvalue weighted by molar-refractivity contribution is 5.61. The number of rotatable bonds is 5. The number of hydrogen-bond donors (Lipinski definition) is 1. The van der Waals surface area contributed by atoms with Gasteiger partial charge in [0.05, 0.1) is 5.69 Å². The van der Waals surface area contributed by atoms with Crippen LogP contribution in [0.5, 0.6) is 0 Å². The normalized spacial score (nSPS) is 10.7. The first kappa shape index (κ1) is 15.0. The smallest absolute Gasteiger partial charge is 0.187 e. The SMILES string of the molecule is CCN(CC)c1ccc(-n2nnnc2-c2ccc(N)cc2)cc1. The summed E-state index contributed by atoms with van der Waals surface area (Å²) in [5.41, 5.74) is 9.51. The Morgan fingerprint density at radius 3 is 2.22 bits per heavy atom. The van der Waals surface area contributed by atoms with Crippen LogP contribution in [0.4, 0.5) is 11.4 Å². The number of nitrogen functional groups attached to an aromatic ring is 1. The van der Waals surface area contributed by atoms with Gasteiger partial charge in [0, 0.05) is 30.0 Å². The molecule has 0 fully saturated rings. The molecule has 0 aliphatic rings. The molecular weight excluding hydrogens is 288 g/mol. The van der Waals surface area contributed by atoms with E-state index in [9.17, 15) is 0 Å². The predicted molar refractivity (Wildman–Crippen MR) is 92.6 cm³/mol. The molecule has 3 rings (SSSR count). The van der Waals surface area contributed by atoms with Gasteiger partial charge in [0.2, 0.25) is 0 Å². The second-order valence-corrected chi connectivity index (χ2v) is 5.22. The predicted octanol–water partition coefficient (Wildman–Crippen LogP) is 2.76. The van der Waals surface area contributed by atoms with Crippen LogP contribution < -0.4 is 10.6 Å². The summed E-state index contributed by atoms with van der Waals surface area (Å²) in [6, 6.07) is 15.8. The zero-order valence-corrected chi connectivity index (χ0v) is 13.3. The fraction of sp³-hybridized carbons (Fsp3) is 0.235. The lowest BCUT2D eigenvalue weighted by Gasteiger charge is -2.21. The Kier molecular flexibility index (Phi) is 4.23. The molecule has 3 aromatic rings. The Morgan fingerprint density at radius 1 is 0.957 bits per heavy atom. The molecule has 0 radical (unpaired) electrons. The van der Waals surface area contributed by atoms with Crippen molar-refractivity contribution in [3.63, 3.8) is 0 Å². The molecule has 0 atom stereocenters. The fourth-order valence-electron chi connectivity index (χ4n) is 2.57. The van der Waals surface area contributed by atoms with Crippen molar-refractivity contribution in [2.45, 2.75) is 13.8 Å². The zero-order chi connectivity index (χ0) is 16.2. The fourth-order valence-corrected chi connectivity index (χ4v) is 2.57. The number of benzene rings is 2. The van der Waals surface area contributed by atoms with Crippen molar-refractivity contribution in [3.8, 4) is 17.1 Å². The molecule has 23 heavy (non-hydrogen) atoms. The third-order valence-electron chi connectivity index (χ3n) is 3.86. The molecule has 1 aromatic heterocycles. The van der Waals surface area contributed by atoms with Crippen LogP contribution in [0.15, 0.2) is 48.5 Å². The van der Waals surface area contributed by atoms with E-state index in [1.54, 1.807) is 4.68 Å². The molecule has 0 bridgehead atoms. The van der Waals surface area contributed by atoms with E-state index in [0.717, 1.165) is 30.0 Å². The minimum absolute atomic E-state index is 0.695. The Bertz CT molecular complexity index is 757. The average molecular weight is 308 g/mol. The second kappa shape index (κ2) is 6.48. The maximum atomic E-state index is 5.74. The minimum atomic E-state index is 0.695. The van der Waals surface area contributed by atoms with E-state index in [4.69, 9.17) is 5.73 Å². The van der Waals surface area contributed by atoms with E-state index in [1.807, 2.05) is 36.4 Å². The van der Waals surface area contributed by atoms with Gasteiger partial charge in [-0.2, -0.15) is 4.68 Å². The zero-order valence-electron chi connectivity index (χ0n) is 13.3. The average Bonchev–Trinajstić information content (AvgIpc) is 3.07. The summed E-state index contributed by atoms with van der Waals surface area (Å²) in [6.07, 6.45) is 0. The van der Waals surface area contributed by atoms with E-state index in [1.165, 1.54) is 5.69 Å². The summed E-state index contributed by atoms with van der Waals surface area (Å²) in [4.78, 5) is 2.30. The third kappa shape index (κ3) is 3.01. The first-order chi connectivity index (χ1) is 11.2. The van der Waals surface area contributed by atoms with Gasteiger partial charge in [-0.25, -0.2) is 0 Å². The molecule has 0 amide bonds. The van der Waals surface area contributed by atoms with Crippen LogP contribution in [0.2, 0.25) is 0 Å². The van der Waals surface area contributed by atoms with Gasteiger partial charge in [-0.15, -0.1) is 5.10 Å². The molecule has 118 valence electrons. The van der Waals surface area contributed by atoms with Crippen LogP contribution in [-0.2, 0) is 0 Å². The Morgan fingerprint density at radius 2 is 1.61 bits per heavy atom. The Balaban J connectivity index is 1.94. The molecule has 1 heterocycles. The third-order valence-corrected chi connectivity index (χ3v) is 3.86. The first-order valence-electron chi connectivity index (χ1n) is 7.72. The van der Waals surface area contributed by atoms with Crippen LogP contribution in [0.3, 0.4) is 0 Å². The highest BCUT2D eigenvalue weighted by atomic mass is 15.5. The number of nitrogens with zero attached hydrogens (tertiary/aromatic N) is 5. The lowest BCUT2D eigenvalue weighted by molar-refractivity contribution is 0.790. The van der Waals surface area contributed by atoms with Crippen molar-refractivity contribution < 1.29 is 0 Å². The van der Waals surface area contributed by atoms with Crippen LogP contribution in [0, 0.1) is 0 Å². The maximum absolute atomic E-state index is 5.74. The van der Waals surface area contributed by atoms with Gasteiger partial charge in [-0.3, -0.25) is 0 Å². The van der Waals surface area contributed by atoms with Crippen LogP contribution in [0.25, 0.3) is 17.1 Å². The Labute approximate surface area is 135 Å². The summed E-state index contributed by atoms with van der Waals surface area (Å²) >= 11 is 0. The van der Waals surface area contributed by atoms with Gasteiger partial charge < -0.3 is 10.6 Å². The summed E-state index contributed by atoms with van der Waals surface area (Å²) in [7, 11) is 0. The lowest BCUT2D eigenvalue weighted by atomic mass is 10.2. The summed E-state index contributed by atoms with van der Waals surface area (Å²) in [5.74, 6) is 0.695. The number of nitrogens with two attached hydrogens (primary N) is 1. The maximum Gasteiger partial charge on any atom is 0.187 e. The molecule has 0 unspecified atom stereocenters. The van der Waals surface area contributed by atoms with E-state index < -0.39 is 0 Å². The van der Waals surface area contributed by atoms with Gasteiger partial charge in [0.15, 0.2) is 5.82 Å². The van der Waals surface area contributed by atoms with E-state index in [0.29, 0.717) is 5.82 Å². The molecular formula is C17H20N6. The quantitative estimate of drug-likeness (QED) is 0.734. The lowest BCUT2D eigenvalue weighted by Crippen LogP contribution is -2.21. The van der Waals surface area contributed by atoms with Crippen molar-refractivity contribution in [1.29, 1.82) is 0 Å². The number of tetrazole rings is 1. The highest BCUT2D eigenvalue weighted by Crippen LogP contribution is 2.22. The van der Waals surface area contributed by atoms with Crippen molar-refractivity contribution in [2.24, 2.45) is 0 Å². The van der Waals surface area contributed by atoms with E-state index in [-0.39, 0.29) is 0 Å². The molecule has 0 aliphatic heterocycles.